The Morgan fingerprint density at radius 1 is 1.20 bits per heavy atom. The normalized spacial score (nSPS) is 12.3. The minimum absolute atomic E-state index is 0.0955. The number of ether oxygens (including phenoxy) is 1. The average molecular weight is 295 g/mol. The Labute approximate surface area is 122 Å². The summed E-state index contributed by atoms with van der Waals surface area (Å²) in [7, 11) is 1.60. The molecule has 0 saturated heterocycles. The SMILES string of the molecule is COc1c(C)cc(C(O)c2c(F)cccc2Cl)cc1C. The van der Waals surface area contributed by atoms with Gasteiger partial charge in [0.1, 0.15) is 17.7 Å². The zero-order chi connectivity index (χ0) is 14.9. The topological polar surface area (TPSA) is 29.5 Å². The zero-order valence-corrected chi connectivity index (χ0v) is 12.3. The molecular weight excluding hydrogens is 279 g/mol. The molecule has 106 valence electrons. The molecule has 0 aromatic heterocycles. The van der Waals surface area contributed by atoms with Crippen LogP contribution >= 0.6 is 11.6 Å². The molecule has 0 bridgehead atoms. The maximum Gasteiger partial charge on any atom is 0.130 e. The van der Waals surface area contributed by atoms with E-state index >= 15 is 0 Å². The molecular formula is C16H16ClFO2. The van der Waals surface area contributed by atoms with Crippen molar-refractivity contribution in [3.05, 3.63) is 63.4 Å². The quantitative estimate of drug-likeness (QED) is 0.920. The third kappa shape index (κ3) is 2.65. The van der Waals surface area contributed by atoms with Crippen LogP contribution in [-0.2, 0) is 0 Å². The van der Waals surface area contributed by atoms with E-state index in [1.165, 1.54) is 12.1 Å². The van der Waals surface area contributed by atoms with Crippen molar-refractivity contribution in [2.45, 2.75) is 20.0 Å². The standard InChI is InChI=1S/C16H16ClFO2/c1-9-7-11(8-10(2)16(9)20-3)15(19)14-12(17)5-4-6-13(14)18/h4-8,15,19H,1-3H3. The predicted octanol–water partition coefficient (Wildman–Crippen LogP) is 4.19. The molecule has 2 nitrogen and oxygen atoms in total. The van der Waals surface area contributed by atoms with Gasteiger partial charge < -0.3 is 9.84 Å². The summed E-state index contributed by atoms with van der Waals surface area (Å²) in [5, 5.41) is 10.6. The van der Waals surface area contributed by atoms with Crippen LogP contribution in [0.2, 0.25) is 5.02 Å². The highest BCUT2D eigenvalue weighted by molar-refractivity contribution is 6.31. The van der Waals surface area contributed by atoms with Crippen molar-refractivity contribution in [3.8, 4) is 5.75 Å². The van der Waals surface area contributed by atoms with Gasteiger partial charge in [-0.3, -0.25) is 0 Å². The van der Waals surface area contributed by atoms with Gasteiger partial charge in [0.05, 0.1) is 7.11 Å². The van der Waals surface area contributed by atoms with E-state index in [0.29, 0.717) is 5.56 Å². The van der Waals surface area contributed by atoms with Crippen LogP contribution in [-0.4, -0.2) is 12.2 Å². The molecule has 0 spiro atoms. The molecule has 0 fully saturated rings. The second-order valence-electron chi connectivity index (χ2n) is 4.73. The van der Waals surface area contributed by atoms with Crippen molar-refractivity contribution < 1.29 is 14.2 Å². The first-order valence-electron chi connectivity index (χ1n) is 6.22. The van der Waals surface area contributed by atoms with E-state index < -0.39 is 11.9 Å². The largest absolute Gasteiger partial charge is 0.496 e. The van der Waals surface area contributed by atoms with Gasteiger partial charge in [-0.15, -0.1) is 0 Å². The Kier molecular flexibility index (Phi) is 4.31. The Morgan fingerprint density at radius 2 is 1.80 bits per heavy atom. The molecule has 2 aromatic rings. The molecule has 2 rings (SSSR count). The van der Waals surface area contributed by atoms with Crippen molar-refractivity contribution in [1.82, 2.24) is 0 Å². The lowest BCUT2D eigenvalue weighted by Crippen LogP contribution is -2.05. The maximum absolute atomic E-state index is 13.9. The lowest BCUT2D eigenvalue weighted by atomic mass is 9.97. The highest BCUT2D eigenvalue weighted by atomic mass is 35.5. The summed E-state index contributed by atoms with van der Waals surface area (Å²) in [4.78, 5) is 0. The van der Waals surface area contributed by atoms with Crippen molar-refractivity contribution in [2.24, 2.45) is 0 Å². The van der Waals surface area contributed by atoms with Gasteiger partial charge in [0, 0.05) is 10.6 Å². The fourth-order valence-corrected chi connectivity index (χ4v) is 2.67. The summed E-state index contributed by atoms with van der Waals surface area (Å²) in [5.41, 5.74) is 2.45. The molecule has 0 heterocycles. The van der Waals surface area contributed by atoms with Crippen molar-refractivity contribution in [3.63, 3.8) is 0 Å². The summed E-state index contributed by atoms with van der Waals surface area (Å²) in [6.07, 6.45) is -1.10. The van der Waals surface area contributed by atoms with E-state index in [2.05, 4.69) is 0 Å². The minimum atomic E-state index is -1.10. The molecule has 0 aliphatic heterocycles. The first-order chi connectivity index (χ1) is 9.45. The number of methoxy groups -OCH3 is 1. The van der Waals surface area contributed by atoms with Gasteiger partial charge >= 0.3 is 0 Å². The molecule has 4 heteroatoms. The molecule has 0 radical (unpaired) electrons. The first kappa shape index (κ1) is 14.8. The number of aliphatic hydroxyl groups is 1. The van der Waals surface area contributed by atoms with Gasteiger partial charge in [-0.1, -0.05) is 17.7 Å². The van der Waals surface area contributed by atoms with Crippen LogP contribution in [0.15, 0.2) is 30.3 Å². The summed E-state index contributed by atoms with van der Waals surface area (Å²) in [6, 6.07) is 7.91. The molecule has 1 N–H and O–H groups in total. The fraction of sp³-hybridized carbons (Fsp3) is 0.250. The van der Waals surface area contributed by atoms with Crippen LogP contribution in [0.5, 0.6) is 5.75 Å². The van der Waals surface area contributed by atoms with Crippen molar-refractivity contribution >= 4 is 11.6 Å². The summed E-state index contributed by atoms with van der Waals surface area (Å²) in [6.45, 7) is 3.76. The van der Waals surface area contributed by atoms with Crippen LogP contribution in [0, 0.1) is 19.7 Å². The molecule has 0 saturated carbocycles. The molecule has 1 unspecified atom stereocenters. The van der Waals surface area contributed by atoms with E-state index in [-0.39, 0.29) is 10.6 Å². The van der Waals surface area contributed by atoms with Crippen molar-refractivity contribution in [1.29, 1.82) is 0 Å². The van der Waals surface area contributed by atoms with Gasteiger partial charge in [-0.05, 0) is 54.8 Å². The summed E-state index contributed by atoms with van der Waals surface area (Å²) < 4.78 is 19.1. The van der Waals surface area contributed by atoms with Crippen LogP contribution in [0.25, 0.3) is 0 Å². The van der Waals surface area contributed by atoms with Gasteiger partial charge in [-0.25, -0.2) is 4.39 Å². The lowest BCUT2D eigenvalue weighted by Gasteiger charge is -2.17. The minimum Gasteiger partial charge on any atom is -0.496 e. The Balaban J connectivity index is 2.52. The highest BCUT2D eigenvalue weighted by Crippen LogP contribution is 2.34. The lowest BCUT2D eigenvalue weighted by molar-refractivity contribution is 0.215. The number of rotatable bonds is 3. The third-order valence-electron chi connectivity index (χ3n) is 3.28. The number of halogens is 2. The molecule has 0 aliphatic carbocycles. The molecule has 1 atom stereocenters. The smallest absolute Gasteiger partial charge is 0.130 e. The molecule has 20 heavy (non-hydrogen) atoms. The fourth-order valence-electron chi connectivity index (χ4n) is 2.40. The van der Waals surface area contributed by atoms with Crippen LogP contribution in [0.3, 0.4) is 0 Å². The predicted molar refractivity (Wildman–Crippen MR) is 77.9 cm³/mol. The van der Waals surface area contributed by atoms with Gasteiger partial charge in [0.2, 0.25) is 0 Å². The Bertz CT molecular complexity index is 597. The van der Waals surface area contributed by atoms with E-state index in [0.717, 1.165) is 16.9 Å². The monoisotopic (exact) mass is 294 g/mol. The van der Waals surface area contributed by atoms with Gasteiger partial charge in [0.15, 0.2) is 0 Å². The number of aliphatic hydroxyl groups excluding tert-OH is 1. The summed E-state index contributed by atoms with van der Waals surface area (Å²) >= 11 is 5.99. The maximum atomic E-state index is 13.9. The molecule has 0 aliphatic rings. The molecule has 2 aromatic carbocycles. The Hall–Kier alpha value is -1.58. The van der Waals surface area contributed by atoms with Crippen LogP contribution in [0.4, 0.5) is 4.39 Å². The second kappa shape index (κ2) is 5.81. The first-order valence-corrected chi connectivity index (χ1v) is 6.60. The van der Waals surface area contributed by atoms with Gasteiger partial charge in [0.25, 0.3) is 0 Å². The van der Waals surface area contributed by atoms with Crippen molar-refractivity contribution in [2.75, 3.05) is 7.11 Å². The average Bonchev–Trinajstić information content (AvgIpc) is 2.37. The number of benzene rings is 2. The number of hydrogen-bond acceptors (Lipinski definition) is 2. The van der Waals surface area contributed by atoms with E-state index in [9.17, 15) is 9.50 Å². The van der Waals surface area contributed by atoms with E-state index in [4.69, 9.17) is 16.3 Å². The van der Waals surface area contributed by atoms with Gasteiger partial charge in [-0.2, -0.15) is 0 Å². The zero-order valence-electron chi connectivity index (χ0n) is 11.6. The second-order valence-corrected chi connectivity index (χ2v) is 5.13. The third-order valence-corrected chi connectivity index (χ3v) is 3.61. The molecule has 0 amide bonds. The number of hydrogen-bond donors (Lipinski definition) is 1. The Morgan fingerprint density at radius 3 is 2.30 bits per heavy atom. The number of aryl methyl sites for hydroxylation is 2. The highest BCUT2D eigenvalue weighted by Gasteiger charge is 2.20. The summed E-state index contributed by atoms with van der Waals surface area (Å²) in [5.74, 6) is 0.247. The van der Waals surface area contributed by atoms with E-state index in [1.54, 1.807) is 25.3 Å². The van der Waals surface area contributed by atoms with Crippen LogP contribution in [0.1, 0.15) is 28.4 Å². The van der Waals surface area contributed by atoms with E-state index in [1.807, 2.05) is 13.8 Å². The van der Waals surface area contributed by atoms with Crippen LogP contribution < -0.4 is 4.74 Å².